The van der Waals surface area contributed by atoms with Crippen molar-refractivity contribution in [2.75, 3.05) is 0 Å². The van der Waals surface area contributed by atoms with Gasteiger partial charge >= 0.3 is 0 Å². The van der Waals surface area contributed by atoms with E-state index >= 15 is 0 Å². The number of allylic oxidation sites excluding steroid dienone is 2. The van der Waals surface area contributed by atoms with Crippen LogP contribution in [0.2, 0.25) is 0 Å². The number of aliphatic imine (C=N–C) groups is 1. The Labute approximate surface area is 154 Å². The fourth-order valence-corrected chi connectivity index (χ4v) is 2.47. The summed E-state index contributed by atoms with van der Waals surface area (Å²) < 4.78 is 27.3. The monoisotopic (exact) mass is 373 g/mol. The van der Waals surface area contributed by atoms with E-state index in [1.807, 2.05) is 6.92 Å². The highest BCUT2D eigenvalue weighted by Gasteiger charge is 2.10. The Bertz CT molecular complexity index is 866. The minimum Gasteiger partial charge on any atom is -0.277 e. The van der Waals surface area contributed by atoms with Gasteiger partial charge in [-0.2, -0.15) is 4.83 Å². The molecular formula is C19H17F2N3OS. The Balaban J connectivity index is 2.04. The van der Waals surface area contributed by atoms with E-state index in [0.29, 0.717) is 16.2 Å². The second-order valence-electron chi connectivity index (χ2n) is 5.07. The van der Waals surface area contributed by atoms with Crippen molar-refractivity contribution in [3.63, 3.8) is 0 Å². The molecule has 0 fully saturated rings. The number of nitrogens with one attached hydrogen (secondary N) is 2. The van der Waals surface area contributed by atoms with Crippen LogP contribution in [-0.4, -0.2) is 12.1 Å². The van der Waals surface area contributed by atoms with Crippen molar-refractivity contribution >= 4 is 29.8 Å². The summed E-state index contributed by atoms with van der Waals surface area (Å²) in [6, 6.07) is 9.93. The first-order chi connectivity index (χ1) is 12.5. The zero-order valence-electron chi connectivity index (χ0n) is 14.0. The molecule has 4 nitrogen and oxygen atoms in total. The molecule has 0 bridgehead atoms. The molecule has 0 spiro atoms. The van der Waals surface area contributed by atoms with Crippen molar-refractivity contribution in [1.82, 2.24) is 10.3 Å². The molecule has 134 valence electrons. The molecule has 0 aliphatic heterocycles. The number of amides is 1. The van der Waals surface area contributed by atoms with Gasteiger partial charge in [-0.05, 0) is 55.3 Å². The second kappa shape index (κ2) is 9.65. The van der Waals surface area contributed by atoms with Crippen LogP contribution in [0, 0.1) is 11.6 Å². The third kappa shape index (κ3) is 5.65. The van der Waals surface area contributed by atoms with E-state index in [1.54, 1.807) is 30.4 Å². The molecule has 2 aromatic carbocycles. The molecule has 2 aromatic rings. The average Bonchev–Trinajstić information content (AvgIpc) is 2.62. The fraction of sp³-hybridized carbons (Fsp3) is 0.0526. The summed E-state index contributed by atoms with van der Waals surface area (Å²) in [4.78, 5) is 19.1. The first kappa shape index (κ1) is 19.6. The van der Waals surface area contributed by atoms with Crippen molar-refractivity contribution in [2.24, 2.45) is 4.99 Å². The number of hydrazine groups is 1. The van der Waals surface area contributed by atoms with Gasteiger partial charge in [-0.25, -0.2) is 8.78 Å². The Hall–Kier alpha value is -2.77. The highest BCUT2D eigenvalue weighted by Crippen LogP contribution is 2.19. The van der Waals surface area contributed by atoms with E-state index in [0.717, 1.165) is 18.0 Å². The molecule has 0 saturated heterocycles. The fourth-order valence-electron chi connectivity index (χ4n) is 1.91. The normalized spacial score (nSPS) is 11.2. The van der Waals surface area contributed by atoms with Gasteiger partial charge in [-0.1, -0.05) is 24.8 Å². The zero-order chi connectivity index (χ0) is 18.9. The van der Waals surface area contributed by atoms with Gasteiger partial charge in [0, 0.05) is 17.3 Å². The van der Waals surface area contributed by atoms with Crippen molar-refractivity contribution < 1.29 is 13.6 Å². The van der Waals surface area contributed by atoms with Crippen LogP contribution in [0.5, 0.6) is 0 Å². The smallest absolute Gasteiger partial charge is 0.266 e. The van der Waals surface area contributed by atoms with Gasteiger partial charge in [0.15, 0.2) is 0 Å². The molecule has 0 saturated carbocycles. The van der Waals surface area contributed by atoms with Crippen LogP contribution >= 0.6 is 11.9 Å². The van der Waals surface area contributed by atoms with Crippen molar-refractivity contribution in [2.45, 2.75) is 11.8 Å². The molecule has 0 unspecified atom stereocenters. The molecule has 1 amide bonds. The lowest BCUT2D eigenvalue weighted by atomic mass is 10.1. The third-order valence-corrected chi connectivity index (χ3v) is 3.92. The molecule has 0 aromatic heterocycles. The van der Waals surface area contributed by atoms with Gasteiger partial charge in [0.25, 0.3) is 5.91 Å². The number of carbonyl (C=O) groups is 1. The summed E-state index contributed by atoms with van der Waals surface area (Å²) in [6.45, 7) is 5.60. The summed E-state index contributed by atoms with van der Waals surface area (Å²) in [7, 11) is 0. The van der Waals surface area contributed by atoms with Crippen LogP contribution in [0.4, 0.5) is 8.78 Å². The number of halogens is 2. The van der Waals surface area contributed by atoms with Crippen LogP contribution in [0.15, 0.2) is 71.1 Å². The largest absolute Gasteiger partial charge is 0.277 e. The predicted octanol–water partition coefficient (Wildman–Crippen LogP) is 4.52. The first-order valence-corrected chi connectivity index (χ1v) is 8.45. The molecule has 0 heterocycles. The molecule has 2 rings (SSSR count). The molecule has 2 N–H and O–H groups in total. The Morgan fingerprint density at radius 3 is 2.65 bits per heavy atom. The Kier molecular flexibility index (Phi) is 7.25. The van der Waals surface area contributed by atoms with Crippen LogP contribution in [0.1, 0.15) is 22.8 Å². The zero-order valence-corrected chi connectivity index (χ0v) is 14.8. The molecular weight excluding hydrogens is 356 g/mol. The minimum absolute atomic E-state index is 0.0871. The predicted molar refractivity (Wildman–Crippen MR) is 102 cm³/mol. The summed E-state index contributed by atoms with van der Waals surface area (Å²) >= 11 is 0.899. The summed E-state index contributed by atoms with van der Waals surface area (Å²) in [6.07, 6.45) is 5.03. The van der Waals surface area contributed by atoms with E-state index in [1.165, 1.54) is 24.4 Å². The number of hydrogen-bond acceptors (Lipinski definition) is 4. The summed E-state index contributed by atoms with van der Waals surface area (Å²) in [5, 5.41) is 0. The van der Waals surface area contributed by atoms with E-state index < -0.39 is 17.5 Å². The lowest BCUT2D eigenvalue weighted by Gasteiger charge is -2.09. The van der Waals surface area contributed by atoms with E-state index in [9.17, 15) is 13.6 Å². The molecule has 7 heteroatoms. The number of hydrogen-bond donors (Lipinski definition) is 2. The minimum atomic E-state index is -0.586. The maximum absolute atomic E-state index is 13.8. The molecule has 0 atom stereocenters. The third-order valence-electron chi connectivity index (χ3n) is 3.16. The van der Waals surface area contributed by atoms with Gasteiger partial charge in [-0.15, -0.1) is 0 Å². The number of carbonyl (C=O) groups excluding carboxylic acids is 1. The molecule has 0 aliphatic rings. The van der Waals surface area contributed by atoms with Crippen LogP contribution in [0.3, 0.4) is 0 Å². The average molecular weight is 373 g/mol. The first-order valence-electron chi connectivity index (χ1n) is 7.63. The Morgan fingerprint density at radius 1 is 1.19 bits per heavy atom. The highest BCUT2D eigenvalue weighted by molar-refractivity contribution is 7.97. The lowest BCUT2D eigenvalue weighted by Crippen LogP contribution is -2.32. The van der Waals surface area contributed by atoms with Gasteiger partial charge in [0.2, 0.25) is 0 Å². The van der Waals surface area contributed by atoms with E-state index in [-0.39, 0.29) is 5.56 Å². The molecule has 0 radical (unpaired) electrons. The van der Waals surface area contributed by atoms with Crippen molar-refractivity contribution in [1.29, 1.82) is 0 Å². The van der Waals surface area contributed by atoms with Gasteiger partial charge in [0.1, 0.15) is 11.6 Å². The van der Waals surface area contributed by atoms with Crippen LogP contribution in [-0.2, 0) is 0 Å². The number of nitrogens with zero attached hydrogens (tertiary/aromatic N) is 1. The van der Waals surface area contributed by atoms with Crippen LogP contribution in [0.25, 0.3) is 5.70 Å². The van der Waals surface area contributed by atoms with Gasteiger partial charge in [-0.3, -0.25) is 15.2 Å². The van der Waals surface area contributed by atoms with E-state index in [2.05, 4.69) is 21.8 Å². The topological polar surface area (TPSA) is 53.5 Å². The molecule has 26 heavy (non-hydrogen) atoms. The van der Waals surface area contributed by atoms with Crippen molar-refractivity contribution in [3.05, 3.63) is 84.0 Å². The number of benzene rings is 2. The standard InChI is InChI=1S/C19H17F2N3OS/c1-3-4-9-22-13(2)14-10-15(12-16(20)11-14)19(25)23-24-26-18-8-6-5-7-17(18)21/h3-12,24H,2H2,1H3,(H,23,25)/b4-3-,22-9-. The van der Waals surface area contributed by atoms with E-state index in [4.69, 9.17) is 0 Å². The summed E-state index contributed by atoms with van der Waals surface area (Å²) in [5.41, 5.74) is 3.18. The number of rotatable bonds is 7. The SMILES string of the molecule is C=C(/N=C\C=C/C)c1cc(F)cc(C(=O)NNSc2ccccc2F)c1. The van der Waals surface area contributed by atoms with Gasteiger partial charge < -0.3 is 0 Å². The summed E-state index contributed by atoms with van der Waals surface area (Å²) in [5.74, 6) is -1.57. The maximum atomic E-state index is 13.8. The highest BCUT2D eigenvalue weighted by atomic mass is 32.2. The van der Waals surface area contributed by atoms with Crippen LogP contribution < -0.4 is 10.3 Å². The van der Waals surface area contributed by atoms with Gasteiger partial charge in [0.05, 0.1) is 10.6 Å². The lowest BCUT2D eigenvalue weighted by molar-refractivity contribution is 0.0946. The molecule has 0 aliphatic carbocycles. The Morgan fingerprint density at radius 2 is 1.92 bits per heavy atom. The van der Waals surface area contributed by atoms with Crippen molar-refractivity contribution in [3.8, 4) is 0 Å². The maximum Gasteiger partial charge on any atom is 0.266 e. The quantitative estimate of drug-likeness (QED) is 0.426. The second-order valence-corrected chi connectivity index (χ2v) is 5.92.